The van der Waals surface area contributed by atoms with E-state index in [4.69, 9.17) is 0 Å². The molecule has 1 aromatic rings. The first kappa shape index (κ1) is 15.3. The molecule has 0 N–H and O–H groups in total. The molecule has 108 valence electrons. The van der Waals surface area contributed by atoms with E-state index in [2.05, 4.69) is 92.8 Å². The lowest BCUT2D eigenvalue weighted by atomic mass is 9.97. The Morgan fingerprint density at radius 3 is 2.76 bits per heavy atom. The SMILES string of the molecule is CC/C=C(\C=C/C(C)C1=CC=CCC=C1)c1ccccc1. The molecule has 0 heterocycles. The number of allylic oxidation sites excluding steroid dienone is 10. The minimum Gasteiger partial charge on any atom is -0.0807 e. The predicted octanol–water partition coefficient (Wildman–Crippen LogP) is 6.11. The molecule has 1 aromatic carbocycles. The summed E-state index contributed by atoms with van der Waals surface area (Å²) in [5.74, 6) is 0.424. The molecule has 21 heavy (non-hydrogen) atoms. The zero-order chi connectivity index (χ0) is 14.9. The maximum Gasteiger partial charge on any atom is -0.000722 e. The molecule has 0 amide bonds. The van der Waals surface area contributed by atoms with E-state index in [1.165, 1.54) is 16.7 Å². The Morgan fingerprint density at radius 1 is 1.19 bits per heavy atom. The summed E-state index contributed by atoms with van der Waals surface area (Å²) in [5.41, 5.74) is 3.95. The van der Waals surface area contributed by atoms with E-state index >= 15 is 0 Å². The van der Waals surface area contributed by atoms with E-state index in [9.17, 15) is 0 Å². The van der Waals surface area contributed by atoms with Crippen molar-refractivity contribution < 1.29 is 0 Å². The molecule has 0 saturated heterocycles. The summed E-state index contributed by atoms with van der Waals surface area (Å²) in [6, 6.07) is 10.6. The second-order valence-corrected chi connectivity index (χ2v) is 5.31. The summed E-state index contributed by atoms with van der Waals surface area (Å²) < 4.78 is 0. The summed E-state index contributed by atoms with van der Waals surface area (Å²) >= 11 is 0. The Morgan fingerprint density at radius 2 is 2.00 bits per heavy atom. The summed E-state index contributed by atoms with van der Waals surface area (Å²) in [7, 11) is 0. The smallest absolute Gasteiger partial charge is 0.000722 e. The summed E-state index contributed by atoms with van der Waals surface area (Å²) in [4.78, 5) is 0. The van der Waals surface area contributed by atoms with Crippen LogP contribution in [-0.4, -0.2) is 0 Å². The number of hydrogen-bond acceptors (Lipinski definition) is 0. The first-order valence-electron chi connectivity index (χ1n) is 7.78. The first-order valence-corrected chi connectivity index (χ1v) is 7.78. The lowest BCUT2D eigenvalue weighted by Crippen LogP contribution is -1.93. The quantitative estimate of drug-likeness (QED) is 0.569. The van der Waals surface area contributed by atoms with E-state index < -0.39 is 0 Å². The van der Waals surface area contributed by atoms with Gasteiger partial charge in [-0.05, 0) is 35.5 Å². The topological polar surface area (TPSA) is 0 Å². The molecule has 0 heteroatoms. The van der Waals surface area contributed by atoms with E-state index in [-0.39, 0.29) is 0 Å². The molecule has 0 bridgehead atoms. The van der Waals surface area contributed by atoms with Gasteiger partial charge in [-0.25, -0.2) is 0 Å². The van der Waals surface area contributed by atoms with Crippen molar-refractivity contribution in [3.63, 3.8) is 0 Å². The number of rotatable bonds is 5. The van der Waals surface area contributed by atoms with Gasteiger partial charge in [-0.3, -0.25) is 0 Å². The summed E-state index contributed by atoms with van der Waals surface area (Å²) in [6.45, 7) is 4.43. The van der Waals surface area contributed by atoms with Crippen molar-refractivity contribution in [1.82, 2.24) is 0 Å². The normalized spacial score (nSPS) is 16.9. The molecule has 0 fully saturated rings. The van der Waals surface area contributed by atoms with E-state index in [0.717, 1.165) is 12.8 Å². The Hall–Kier alpha value is -2.08. The van der Waals surface area contributed by atoms with Gasteiger partial charge in [0.25, 0.3) is 0 Å². The van der Waals surface area contributed by atoms with Gasteiger partial charge in [0.2, 0.25) is 0 Å². The van der Waals surface area contributed by atoms with Crippen molar-refractivity contribution in [3.8, 4) is 0 Å². The molecule has 0 aromatic heterocycles. The minimum atomic E-state index is 0.424. The van der Waals surface area contributed by atoms with Crippen molar-refractivity contribution in [3.05, 3.63) is 90.1 Å². The third-order valence-electron chi connectivity index (χ3n) is 3.63. The third kappa shape index (κ3) is 4.75. The van der Waals surface area contributed by atoms with Crippen LogP contribution in [0.2, 0.25) is 0 Å². The molecule has 1 aliphatic rings. The lowest BCUT2D eigenvalue weighted by Gasteiger charge is -2.08. The molecular formula is C21H24. The molecule has 0 nitrogen and oxygen atoms in total. The molecule has 0 spiro atoms. The fourth-order valence-electron chi connectivity index (χ4n) is 2.39. The molecular weight excluding hydrogens is 252 g/mol. The Labute approximate surface area is 128 Å². The van der Waals surface area contributed by atoms with E-state index in [1.54, 1.807) is 0 Å². The largest absolute Gasteiger partial charge is 0.0807 e. The van der Waals surface area contributed by atoms with Gasteiger partial charge in [0, 0.05) is 0 Å². The lowest BCUT2D eigenvalue weighted by molar-refractivity contribution is 0.891. The van der Waals surface area contributed by atoms with Crippen LogP contribution in [0.4, 0.5) is 0 Å². The van der Waals surface area contributed by atoms with E-state index in [1.807, 2.05) is 0 Å². The van der Waals surface area contributed by atoms with Gasteiger partial charge < -0.3 is 0 Å². The van der Waals surface area contributed by atoms with Gasteiger partial charge in [-0.15, -0.1) is 0 Å². The first-order chi connectivity index (χ1) is 10.3. The summed E-state index contributed by atoms with van der Waals surface area (Å²) in [6.07, 6.45) is 19.9. The van der Waals surface area contributed by atoms with Gasteiger partial charge in [-0.1, -0.05) is 92.8 Å². The monoisotopic (exact) mass is 276 g/mol. The van der Waals surface area contributed by atoms with Crippen molar-refractivity contribution in [2.75, 3.05) is 0 Å². The van der Waals surface area contributed by atoms with Gasteiger partial charge >= 0.3 is 0 Å². The van der Waals surface area contributed by atoms with Crippen LogP contribution in [0.15, 0.2) is 84.5 Å². The van der Waals surface area contributed by atoms with Crippen LogP contribution in [0.5, 0.6) is 0 Å². The van der Waals surface area contributed by atoms with Crippen LogP contribution < -0.4 is 0 Å². The van der Waals surface area contributed by atoms with Gasteiger partial charge in [0.15, 0.2) is 0 Å². The molecule has 1 atom stereocenters. The average Bonchev–Trinajstić information content (AvgIpc) is 2.81. The predicted molar refractivity (Wildman–Crippen MR) is 94.0 cm³/mol. The van der Waals surface area contributed by atoms with Crippen LogP contribution in [0.3, 0.4) is 0 Å². The summed E-state index contributed by atoms with van der Waals surface area (Å²) in [5, 5.41) is 0. The fraction of sp³-hybridized carbons (Fsp3) is 0.238. The highest BCUT2D eigenvalue weighted by Crippen LogP contribution is 2.21. The van der Waals surface area contributed by atoms with Gasteiger partial charge in [-0.2, -0.15) is 0 Å². The highest BCUT2D eigenvalue weighted by molar-refractivity contribution is 5.73. The van der Waals surface area contributed by atoms with Gasteiger partial charge in [0.05, 0.1) is 0 Å². The van der Waals surface area contributed by atoms with Crippen LogP contribution in [0, 0.1) is 5.92 Å². The Balaban J connectivity index is 2.15. The zero-order valence-corrected chi connectivity index (χ0v) is 13.0. The fourth-order valence-corrected chi connectivity index (χ4v) is 2.39. The highest BCUT2D eigenvalue weighted by Gasteiger charge is 2.03. The minimum absolute atomic E-state index is 0.424. The van der Waals surface area contributed by atoms with Crippen LogP contribution in [0.25, 0.3) is 5.57 Å². The Kier molecular flexibility index (Phi) is 6.02. The molecule has 1 aliphatic carbocycles. The Bertz CT molecular complexity index is 580. The maximum absolute atomic E-state index is 2.30. The second-order valence-electron chi connectivity index (χ2n) is 5.31. The van der Waals surface area contributed by atoms with Crippen LogP contribution in [-0.2, 0) is 0 Å². The molecule has 0 aliphatic heterocycles. The van der Waals surface area contributed by atoms with Crippen LogP contribution >= 0.6 is 0 Å². The zero-order valence-electron chi connectivity index (χ0n) is 13.0. The van der Waals surface area contributed by atoms with Crippen LogP contribution in [0.1, 0.15) is 32.3 Å². The van der Waals surface area contributed by atoms with E-state index in [0.29, 0.717) is 5.92 Å². The molecule has 0 saturated carbocycles. The van der Waals surface area contributed by atoms with Crippen molar-refractivity contribution in [1.29, 1.82) is 0 Å². The highest BCUT2D eigenvalue weighted by atomic mass is 14.1. The number of benzene rings is 1. The average molecular weight is 276 g/mol. The molecule has 2 rings (SSSR count). The third-order valence-corrected chi connectivity index (χ3v) is 3.63. The standard InChI is InChI=1S/C21H24/c1-3-11-20(21-14-9-6-10-15-21)17-16-18(2)19-12-7-4-5-8-13-19/h4,6-18H,3,5H2,1-2H3/b17-16-,20-11+. The van der Waals surface area contributed by atoms with Crippen molar-refractivity contribution in [2.45, 2.75) is 26.7 Å². The van der Waals surface area contributed by atoms with Crippen molar-refractivity contribution >= 4 is 5.57 Å². The molecule has 1 unspecified atom stereocenters. The van der Waals surface area contributed by atoms with Gasteiger partial charge in [0.1, 0.15) is 0 Å². The second kappa shape index (κ2) is 8.26. The molecule has 0 radical (unpaired) electrons. The maximum atomic E-state index is 2.30. The number of hydrogen-bond donors (Lipinski definition) is 0. The van der Waals surface area contributed by atoms with Crippen molar-refractivity contribution in [2.24, 2.45) is 5.92 Å².